The molecule has 2 saturated heterocycles. The molecule has 1 aromatic rings. The second-order valence-corrected chi connectivity index (χ2v) is 9.68. The number of halogens is 1. The number of thiophene rings is 1. The highest BCUT2D eigenvalue weighted by Gasteiger charge is 2.31. The van der Waals surface area contributed by atoms with Crippen molar-refractivity contribution in [3.63, 3.8) is 0 Å². The summed E-state index contributed by atoms with van der Waals surface area (Å²) < 4.78 is 5.77. The Kier molecular flexibility index (Phi) is 10.8. The Hall–Kier alpha value is -0.420. The first-order valence-electron chi connectivity index (χ1n) is 11.2. The predicted octanol–water partition coefficient (Wildman–Crippen LogP) is 3.41. The van der Waals surface area contributed by atoms with Crippen LogP contribution in [0.1, 0.15) is 45.5 Å². The Morgan fingerprint density at radius 3 is 2.67 bits per heavy atom. The van der Waals surface area contributed by atoms with Crippen molar-refractivity contribution in [1.29, 1.82) is 0 Å². The largest absolute Gasteiger partial charge is 0.376 e. The summed E-state index contributed by atoms with van der Waals surface area (Å²) in [5.41, 5.74) is 0. The lowest BCUT2D eigenvalue weighted by Crippen LogP contribution is -2.47. The van der Waals surface area contributed by atoms with Gasteiger partial charge in [-0.05, 0) is 45.1 Å². The minimum Gasteiger partial charge on any atom is -0.376 e. The summed E-state index contributed by atoms with van der Waals surface area (Å²) in [4.78, 5) is 11.5. The molecule has 2 aliphatic rings. The molecule has 1 aromatic heterocycles. The molecule has 3 rings (SSSR count). The molecule has 2 N–H and O–H groups in total. The maximum atomic E-state index is 5.77. The average molecular weight is 550 g/mol. The van der Waals surface area contributed by atoms with E-state index in [1.165, 1.54) is 4.88 Å². The van der Waals surface area contributed by atoms with Crippen molar-refractivity contribution >= 4 is 41.3 Å². The fraction of sp³-hybridized carbons (Fsp3) is 0.773. The SMILES string of the molecule is CCNC(=NCC(c1cccs1)N1CCOC(C)C1)NC1CN(C(C)C)CC1C.I. The van der Waals surface area contributed by atoms with Gasteiger partial charge in [0, 0.05) is 49.7 Å². The van der Waals surface area contributed by atoms with Crippen LogP contribution in [-0.4, -0.2) is 79.8 Å². The Morgan fingerprint density at radius 1 is 1.27 bits per heavy atom. The molecule has 2 fully saturated rings. The van der Waals surface area contributed by atoms with Gasteiger partial charge in [-0.1, -0.05) is 13.0 Å². The molecule has 30 heavy (non-hydrogen) atoms. The number of nitrogens with one attached hydrogen (secondary N) is 2. The third kappa shape index (κ3) is 7.05. The van der Waals surface area contributed by atoms with Crippen molar-refractivity contribution in [2.45, 2.75) is 58.8 Å². The van der Waals surface area contributed by atoms with Gasteiger partial charge in [-0.15, -0.1) is 35.3 Å². The van der Waals surface area contributed by atoms with Crippen molar-refractivity contribution in [3.8, 4) is 0 Å². The number of aliphatic imine (C=N–C) groups is 1. The fourth-order valence-electron chi connectivity index (χ4n) is 4.28. The third-order valence-electron chi connectivity index (χ3n) is 6.04. The number of morpholine rings is 1. The van der Waals surface area contributed by atoms with Gasteiger partial charge in [-0.3, -0.25) is 14.8 Å². The topological polar surface area (TPSA) is 52.1 Å². The van der Waals surface area contributed by atoms with Crippen LogP contribution in [0.5, 0.6) is 0 Å². The van der Waals surface area contributed by atoms with Crippen LogP contribution in [-0.2, 0) is 4.74 Å². The van der Waals surface area contributed by atoms with E-state index in [0.717, 1.165) is 51.8 Å². The average Bonchev–Trinajstić information content (AvgIpc) is 3.33. The molecule has 0 amide bonds. The Balaban J connectivity index is 0.00000320. The molecule has 8 heteroatoms. The molecule has 0 bridgehead atoms. The van der Waals surface area contributed by atoms with Gasteiger partial charge in [0.2, 0.25) is 0 Å². The molecular formula is C22H40IN5OS. The molecule has 3 heterocycles. The Bertz CT molecular complexity index is 641. The number of ether oxygens (including phenoxy) is 1. The summed E-state index contributed by atoms with van der Waals surface area (Å²) in [6.07, 6.45) is 0.280. The standard InChI is InChI=1S/C22H39N5OS.HI/c1-6-23-22(25-19-15-27(16(2)3)13-17(19)4)24-12-20(21-8-7-11-29-21)26-9-10-28-18(5)14-26;/h7-8,11,16-20H,6,9-10,12-15H2,1-5H3,(H2,23,24,25);1H. The second kappa shape index (κ2) is 12.6. The van der Waals surface area contributed by atoms with E-state index in [2.05, 4.69) is 72.6 Å². The van der Waals surface area contributed by atoms with E-state index in [4.69, 9.17) is 9.73 Å². The molecule has 0 spiro atoms. The lowest BCUT2D eigenvalue weighted by atomic mass is 10.1. The number of likely N-dealkylation sites (tertiary alicyclic amines) is 1. The van der Waals surface area contributed by atoms with Gasteiger partial charge in [0.25, 0.3) is 0 Å². The van der Waals surface area contributed by atoms with Crippen LogP contribution in [0.15, 0.2) is 22.5 Å². The van der Waals surface area contributed by atoms with Crippen molar-refractivity contribution in [2.75, 3.05) is 45.9 Å². The maximum absolute atomic E-state index is 5.77. The van der Waals surface area contributed by atoms with Gasteiger partial charge in [-0.25, -0.2) is 0 Å². The van der Waals surface area contributed by atoms with Crippen LogP contribution in [0.4, 0.5) is 0 Å². The number of nitrogens with zero attached hydrogens (tertiary/aromatic N) is 3. The minimum atomic E-state index is 0. The molecular weight excluding hydrogens is 509 g/mol. The van der Waals surface area contributed by atoms with Gasteiger partial charge in [0.1, 0.15) is 0 Å². The van der Waals surface area contributed by atoms with E-state index in [1.54, 1.807) is 0 Å². The highest BCUT2D eigenvalue weighted by Crippen LogP contribution is 2.27. The van der Waals surface area contributed by atoms with E-state index in [-0.39, 0.29) is 30.1 Å². The van der Waals surface area contributed by atoms with Crippen LogP contribution < -0.4 is 10.6 Å². The fourth-order valence-corrected chi connectivity index (χ4v) is 5.13. The molecule has 0 aromatic carbocycles. The molecule has 0 radical (unpaired) electrons. The minimum absolute atomic E-state index is 0. The summed E-state index contributed by atoms with van der Waals surface area (Å²) in [6, 6.07) is 5.73. The number of guanidine groups is 1. The molecule has 4 atom stereocenters. The number of rotatable bonds is 7. The zero-order valence-electron chi connectivity index (χ0n) is 19.1. The van der Waals surface area contributed by atoms with Crippen molar-refractivity contribution < 1.29 is 4.74 Å². The summed E-state index contributed by atoms with van der Waals surface area (Å²) in [5.74, 6) is 1.56. The quantitative estimate of drug-likeness (QED) is 0.310. The van der Waals surface area contributed by atoms with Crippen LogP contribution in [0, 0.1) is 5.92 Å². The molecule has 0 saturated carbocycles. The monoisotopic (exact) mass is 549 g/mol. The van der Waals surface area contributed by atoms with Gasteiger partial charge < -0.3 is 15.4 Å². The molecule has 4 unspecified atom stereocenters. The third-order valence-corrected chi connectivity index (χ3v) is 7.02. The van der Waals surface area contributed by atoms with Crippen LogP contribution in [0.2, 0.25) is 0 Å². The Morgan fingerprint density at radius 2 is 2.07 bits per heavy atom. The highest BCUT2D eigenvalue weighted by atomic mass is 127. The second-order valence-electron chi connectivity index (χ2n) is 8.70. The van der Waals surface area contributed by atoms with Crippen molar-refractivity contribution in [2.24, 2.45) is 10.9 Å². The van der Waals surface area contributed by atoms with Crippen LogP contribution >= 0.6 is 35.3 Å². The maximum Gasteiger partial charge on any atom is 0.191 e. The zero-order chi connectivity index (χ0) is 20.8. The molecule has 6 nitrogen and oxygen atoms in total. The summed E-state index contributed by atoms with van der Waals surface area (Å²) in [6.45, 7) is 17.8. The summed E-state index contributed by atoms with van der Waals surface area (Å²) >= 11 is 1.83. The van der Waals surface area contributed by atoms with E-state index < -0.39 is 0 Å². The normalized spacial score (nSPS) is 27.1. The first-order valence-corrected chi connectivity index (χ1v) is 12.0. The lowest BCUT2D eigenvalue weighted by molar-refractivity contribution is -0.0327. The van der Waals surface area contributed by atoms with Gasteiger partial charge in [0.05, 0.1) is 25.3 Å². The number of hydrogen-bond donors (Lipinski definition) is 2. The van der Waals surface area contributed by atoms with Gasteiger partial charge in [0.15, 0.2) is 5.96 Å². The molecule has 0 aliphatic carbocycles. The molecule has 2 aliphatic heterocycles. The summed E-state index contributed by atoms with van der Waals surface area (Å²) in [5, 5.41) is 9.36. The van der Waals surface area contributed by atoms with E-state index in [9.17, 15) is 0 Å². The van der Waals surface area contributed by atoms with E-state index in [1.807, 2.05) is 11.3 Å². The first kappa shape index (κ1) is 25.8. The van der Waals surface area contributed by atoms with Gasteiger partial charge in [-0.2, -0.15) is 0 Å². The van der Waals surface area contributed by atoms with Gasteiger partial charge >= 0.3 is 0 Å². The Labute approximate surface area is 203 Å². The van der Waals surface area contributed by atoms with Crippen molar-refractivity contribution in [3.05, 3.63) is 22.4 Å². The lowest BCUT2D eigenvalue weighted by Gasteiger charge is -2.36. The smallest absolute Gasteiger partial charge is 0.191 e. The summed E-state index contributed by atoms with van der Waals surface area (Å²) in [7, 11) is 0. The molecule has 172 valence electrons. The number of hydrogen-bond acceptors (Lipinski definition) is 5. The van der Waals surface area contributed by atoms with Crippen LogP contribution in [0.3, 0.4) is 0 Å². The van der Waals surface area contributed by atoms with Crippen LogP contribution in [0.25, 0.3) is 0 Å². The van der Waals surface area contributed by atoms with E-state index >= 15 is 0 Å². The zero-order valence-corrected chi connectivity index (χ0v) is 22.3. The predicted molar refractivity (Wildman–Crippen MR) is 138 cm³/mol. The van der Waals surface area contributed by atoms with Crippen molar-refractivity contribution in [1.82, 2.24) is 20.4 Å². The van der Waals surface area contributed by atoms with E-state index in [0.29, 0.717) is 24.0 Å². The first-order chi connectivity index (χ1) is 14.0. The highest BCUT2D eigenvalue weighted by molar-refractivity contribution is 14.0.